The minimum absolute atomic E-state index is 0.0152. The molecule has 0 fully saturated rings. The summed E-state index contributed by atoms with van der Waals surface area (Å²) in [5.74, 6) is 0.212. The molecule has 0 heterocycles. The summed E-state index contributed by atoms with van der Waals surface area (Å²) in [4.78, 5) is 0. The highest BCUT2D eigenvalue weighted by Crippen LogP contribution is 2.22. The van der Waals surface area contributed by atoms with E-state index in [0.717, 1.165) is 11.1 Å². The number of nitrogens with two attached hydrogens (primary N) is 1. The second-order valence-electron chi connectivity index (χ2n) is 3.25. The number of benzene rings is 1. The average Bonchev–Trinajstić information content (AvgIpc) is 2.08. The number of aromatic hydroxyl groups is 1. The van der Waals surface area contributed by atoms with Crippen molar-refractivity contribution in [1.29, 1.82) is 0 Å². The van der Waals surface area contributed by atoms with Gasteiger partial charge in [-0.2, -0.15) is 0 Å². The summed E-state index contributed by atoms with van der Waals surface area (Å²) < 4.78 is 0. The van der Waals surface area contributed by atoms with Gasteiger partial charge in [-0.1, -0.05) is 12.1 Å². The topological polar surface area (TPSA) is 66.5 Å². The highest BCUT2D eigenvalue weighted by molar-refractivity contribution is 5.39. The predicted octanol–water partition coefficient (Wildman–Crippen LogP) is 0.774. The second-order valence-corrected chi connectivity index (χ2v) is 3.25. The van der Waals surface area contributed by atoms with Crippen LogP contribution in [-0.4, -0.2) is 16.3 Å². The van der Waals surface area contributed by atoms with E-state index < -0.39 is 0 Å². The van der Waals surface area contributed by atoms with Crippen LogP contribution in [0.15, 0.2) is 18.2 Å². The van der Waals surface area contributed by atoms with Gasteiger partial charge in [0.05, 0.1) is 6.61 Å². The zero-order chi connectivity index (χ0) is 9.84. The lowest BCUT2D eigenvalue weighted by molar-refractivity contribution is 0.279. The summed E-state index contributed by atoms with van der Waals surface area (Å²) in [5.41, 5.74) is 7.12. The minimum atomic E-state index is -0.0591. The van der Waals surface area contributed by atoms with Crippen LogP contribution in [0.5, 0.6) is 5.75 Å². The van der Waals surface area contributed by atoms with E-state index in [4.69, 9.17) is 10.8 Å². The van der Waals surface area contributed by atoms with Gasteiger partial charge in [0, 0.05) is 11.6 Å². The molecule has 4 N–H and O–H groups in total. The molecule has 0 aromatic heterocycles. The molecule has 1 rings (SSSR count). The maximum atomic E-state index is 9.50. The first kappa shape index (κ1) is 10.0. The smallest absolute Gasteiger partial charge is 0.119 e. The summed E-state index contributed by atoms with van der Waals surface area (Å²) in [6.07, 6.45) is 0.586. The van der Waals surface area contributed by atoms with Gasteiger partial charge in [0.25, 0.3) is 0 Å². The Bertz CT molecular complexity index is 284. The lowest BCUT2D eigenvalue weighted by Gasteiger charge is -2.11. The van der Waals surface area contributed by atoms with Crippen LogP contribution in [-0.2, 0) is 13.0 Å². The highest BCUT2D eigenvalue weighted by Gasteiger charge is 2.08. The Morgan fingerprint density at radius 1 is 1.46 bits per heavy atom. The van der Waals surface area contributed by atoms with Crippen molar-refractivity contribution in [3.05, 3.63) is 29.3 Å². The molecule has 0 unspecified atom stereocenters. The van der Waals surface area contributed by atoms with Crippen LogP contribution in [0, 0.1) is 0 Å². The van der Waals surface area contributed by atoms with Crippen molar-refractivity contribution in [3.8, 4) is 5.75 Å². The third kappa shape index (κ3) is 2.44. The van der Waals surface area contributed by atoms with Crippen LogP contribution in [0.25, 0.3) is 0 Å². The van der Waals surface area contributed by atoms with Crippen LogP contribution in [0.4, 0.5) is 0 Å². The molecule has 0 bridgehead atoms. The Morgan fingerprint density at radius 3 is 2.69 bits per heavy atom. The van der Waals surface area contributed by atoms with Crippen LogP contribution in [0.1, 0.15) is 18.1 Å². The van der Waals surface area contributed by atoms with Crippen LogP contribution < -0.4 is 5.73 Å². The third-order valence-electron chi connectivity index (χ3n) is 1.94. The van der Waals surface area contributed by atoms with Gasteiger partial charge in [0.1, 0.15) is 5.75 Å². The summed E-state index contributed by atoms with van der Waals surface area (Å²) in [6.45, 7) is 1.81. The Hall–Kier alpha value is -1.06. The summed E-state index contributed by atoms with van der Waals surface area (Å²) in [5, 5.41) is 18.5. The van der Waals surface area contributed by atoms with Crippen molar-refractivity contribution in [2.75, 3.05) is 0 Å². The van der Waals surface area contributed by atoms with E-state index in [1.54, 1.807) is 18.2 Å². The van der Waals surface area contributed by atoms with Crippen LogP contribution >= 0.6 is 0 Å². The molecule has 0 amide bonds. The molecule has 0 saturated carbocycles. The van der Waals surface area contributed by atoms with Crippen LogP contribution in [0.3, 0.4) is 0 Å². The Morgan fingerprint density at radius 2 is 2.15 bits per heavy atom. The van der Waals surface area contributed by atoms with E-state index in [9.17, 15) is 5.11 Å². The predicted molar refractivity (Wildman–Crippen MR) is 51.4 cm³/mol. The number of hydrogen-bond donors (Lipinski definition) is 3. The van der Waals surface area contributed by atoms with Crippen molar-refractivity contribution in [2.45, 2.75) is 26.0 Å². The molecule has 0 aliphatic carbocycles. The maximum absolute atomic E-state index is 9.50. The van der Waals surface area contributed by atoms with Crippen molar-refractivity contribution in [3.63, 3.8) is 0 Å². The number of hydrogen-bond acceptors (Lipinski definition) is 3. The van der Waals surface area contributed by atoms with Crippen LogP contribution in [0.2, 0.25) is 0 Å². The molecule has 0 aliphatic heterocycles. The molecule has 1 atom stereocenters. The normalized spacial score (nSPS) is 12.8. The maximum Gasteiger partial charge on any atom is 0.119 e. The zero-order valence-electron chi connectivity index (χ0n) is 7.70. The van der Waals surface area contributed by atoms with Crippen molar-refractivity contribution >= 4 is 0 Å². The molecule has 72 valence electrons. The molecule has 3 heteroatoms. The average molecular weight is 181 g/mol. The number of aliphatic hydroxyl groups excluding tert-OH is 1. The number of phenols is 1. The van der Waals surface area contributed by atoms with E-state index in [1.165, 1.54) is 0 Å². The molecule has 13 heavy (non-hydrogen) atoms. The highest BCUT2D eigenvalue weighted by atomic mass is 16.3. The molecule has 1 aromatic carbocycles. The van der Waals surface area contributed by atoms with Crippen molar-refractivity contribution in [1.82, 2.24) is 0 Å². The van der Waals surface area contributed by atoms with E-state index in [2.05, 4.69) is 0 Å². The van der Waals surface area contributed by atoms with E-state index in [-0.39, 0.29) is 18.4 Å². The summed E-state index contributed by atoms with van der Waals surface area (Å²) in [7, 11) is 0. The summed E-state index contributed by atoms with van der Waals surface area (Å²) >= 11 is 0. The van der Waals surface area contributed by atoms with Gasteiger partial charge in [-0.15, -0.1) is 0 Å². The number of rotatable bonds is 3. The standard InChI is InChI=1S/C10H15NO2/c1-7(11)5-9-8(6-12)3-2-4-10(9)13/h2-4,7,12-13H,5-6,11H2,1H3/t7-/m0/s1. The van der Waals surface area contributed by atoms with Gasteiger partial charge in [-0.05, 0) is 25.0 Å². The van der Waals surface area contributed by atoms with E-state index >= 15 is 0 Å². The molecule has 0 saturated heterocycles. The Labute approximate surface area is 77.8 Å². The van der Waals surface area contributed by atoms with Gasteiger partial charge >= 0.3 is 0 Å². The lowest BCUT2D eigenvalue weighted by atomic mass is 10.0. The lowest BCUT2D eigenvalue weighted by Crippen LogP contribution is -2.18. The number of phenolic OH excluding ortho intramolecular Hbond substituents is 1. The number of aliphatic hydroxyl groups is 1. The molecular formula is C10H15NO2. The largest absolute Gasteiger partial charge is 0.508 e. The fourth-order valence-corrected chi connectivity index (χ4v) is 1.33. The minimum Gasteiger partial charge on any atom is -0.508 e. The third-order valence-corrected chi connectivity index (χ3v) is 1.94. The van der Waals surface area contributed by atoms with Crippen molar-refractivity contribution < 1.29 is 10.2 Å². The second kappa shape index (κ2) is 4.25. The molecule has 0 aliphatic rings. The Balaban J connectivity index is 3.00. The van der Waals surface area contributed by atoms with Gasteiger partial charge in [-0.3, -0.25) is 0 Å². The zero-order valence-corrected chi connectivity index (χ0v) is 7.70. The monoisotopic (exact) mass is 181 g/mol. The van der Waals surface area contributed by atoms with Crippen molar-refractivity contribution in [2.24, 2.45) is 5.73 Å². The van der Waals surface area contributed by atoms with E-state index in [0.29, 0.717) is 6.42 Å². The first-order valence-corrected chi connectivity index (χ1v) is 4.31. The van der Waals surface area contributed by atoms with Gasteiger partial charge in [-0.25, -0.2) is 0 Å². The molecule has 0 radical (unpaired) electrons. The molecular weight excluding hydrogens is 166 g/mol. The SMILES string of the molecule is C[C@H](N)Cc1c(O)cccc1CO. The van der Waals surface area contributed by atoms with E-state index in [1.807, 2.05) is 6.92 Å². The quantitative estimate of drug-likeness (QED) is 0.645. The van der Waals surface area contributed by atoms with Gasteiger partial charge in [0.2, 0.25) is 0 Å². The first-order chi connectivity index (χ1) is 6.15. The fraction of sp³-hybridized carbons (Fsp3) is 0.400. The Kier molecular flexibility index (Phi) is 3.28. The van der Waals surface area contributed by atoms with Gasteiger partial charge in [0.15, 0.2) is 0 Å². The fourth-order valence-electron chi connectivity index (χ4n) is 1.33. The first-order valence-electron chi connectivity index (χ1n) is 4.31. The molecule has 1 aromatic rings. The summed E-state index contributed by atoms with van der Waals surface area (Å²) in [6, 6.07) is 5.10. The van der Waals surface area contributed by atoms with Gasteiger partial charge < -0.3 is 15.9 Å². The molecule has 3 nitrogen and oxygen atoms in total. The molecule has 0 spiro atoms.